The van der Waals surface area contributed by atoms with Crippen LogP contribution in [0.4, 0.5) is 11.4 Å². The quantitative estimate of drug-likeness (QED) is 0.692. The Morgan fingerprint density at radius 1 is 0.964 bits per heavy atom. The van der Waals surface area contributed by atoms with E-state index in [0.29, 0.717) is 27.7 Å². The number of halogens is 1. The van der Waals surface area contributed by atoms with Gasteiger partial charge < -0.3 is 10.6 Å². The summed E-state index contributed by atoms with van der Waals surface area (Å²) in [4.78, 5) is 35.4. The van der Waals surface area contributed by atoms with Gasteiger partial charge in [0, 0.05) is 29.9 Å². The summed E-state index contributed by atoms with van der Waals surface area (Å²) in [6.45, 7) is 1.17. The third-order valence-electron chi connectivity index (χ3n) is 3.80. The lowest BCUT2D eigenvalue weighted by atomic mass is 10.1. The van der Waals surface area contributed by atoms with Crippen molar-refractivity contribution in [2.45, 2.75) is 13.5 Å². The van der Waals surface area contributed by atoms with Gasteiger partial charge in [-0.05, 0) is 36.4 Å². The number of aromatic nitrogens is 2. The minimum atomic E-state index is -0.404. The van der Waals surface area contributed by atoms with Gasteiger partial charge in [0.2, 0.25) is 11.8 Å². The van der Waals surface area contributed by atoms with Crippen LogP contribution in [0, 0.1) is 0 Å². The minimum absolute atomic E-state index is 0.180. The smallest absolute Gasteiger partial charge is 0.267 e. The molecular formula is C20H17ClN4O3. The zero-order valence-corrected chi connectivity index (χ0v) is 15.7. The summed E-state index contributed by atoms with van der Waals surface area (Å²) in [5, 5.41) is 10.1. The molecule has 0 saturated heterocycles. The predicted molar refractivity (Wildman–Crippen MR) is 108 cm³/mol. The molecule has 0 aliphatic heterocycles. The first-order valence-corrected chi connectivity index (χ1v) is 8.81. The normalized spacial score (nSPS) is 10.4. The highest BCUT2D eigenvalue weighted by Gasteiger charge is 2.10. The number of carbonyl (C=O) groups excluding carboxylic acids is 2. The second-order valence-corrected chi connectivity index (χ2v) is 6.41. The van der Waals surface area contributed by atoms with Crippen LogP contribution in [0.2, 0.25) is 5.02 Å². The van der Waals surface area contributed by atoms with E-state index in [9.17, 15) is 14.4 Å². The van der Waals surface area contributed by atoms with Gasteiger partial charge in [-0.2, -0.15) is 5.10 Å². The van der Waals surface area contributed by atoms with Gasteiger partial charge >= 0.3 is 0 Å². The molecule has 0 radical (unpaired) electrons. The van der Waals surface area contributed by atoms with Crippen LogP contribution in [0.3, 0.4) is 0 Å². The number of nitrogens with zero attached hydrogens (tertiary/aromatic N) is 2. The Kier molecular flexibility index (Phi) is 5.86. The summed E-state index contributed by atoms with van der Waals surface area (Å²) in [5.74, 6) is -0.584. The minimum Gasteiger partial charge on any atom is -0.326 e. The maximum atomic E-state index is 12.3. The SMILES string of the molecule is CC(=O)Nc1ccc(NC(=O)Cn2nc(-c3ccccc3Cl)ccc2=O)cc1. The number of hydrogen-bond donors (Lipinski definition) is 2. The molecule has 0 fully saturated rings. The zero-order chi connectivity index (χ0) is 20.1. The fraction of sp³-hybridized carbons (Fsp3) is 0.100. The van der Waals surface area contributed by atoms with E-state index in [1.54, 1.807) is 48.5 Å². The number of nitrogens with one attached hydrogen (secondary N) is 2. The zero-order valence-electron chi connectivity index (χ0n) is 15.0. The topological polar surface area (TPSA) is 93.1 Å². The highest BCUT2D eigenvalue weighted by molar-refractivity contribution is 6.33. The molecule has 0 aliphatic carbocycles. The molecule has 2 amide bonds. The molecular weight excluding hydrogens is 380 g/mol. The van der Waals surface area contributed by atoms with Gasteiger partial charge in [-0.25, -0.2) is 4.68 Å². The number of rotatable bonds is 5. The maximum absolute atomic E-state index is 12.3. The molecule has 142 valence electrons. The third kappa shape index (κ3) is 4.83. The Bertz CT molecular complexity index is 1080. The van der Waals surface area contributed by atoms with Gasteiger partial charge in [-0.1, -0.05) is 29.8 Å². The molecule has 3 aromatic rings. The predicted octanol–water partition coefficient (Wildman–Crippen LogP) is 3.16. The number of benzene rings is 2. The summed E-state index contributed by atoms with van der Waals surface area (Å²) in [6.07, 6.45) is 0. The first kappa shape index (κ1) is 19.3. The molecule has 3 rings (SSSR count). The molecule has 1 heterocycles. The number of anilines is 2. The summed E-state index contributed by atoms with van der Waals surface area (Å²) < 4.78 is 1.08. The van der Waals surface area contributed by atoms with Crippen molar-refractivity contribution in [3.63, 3.8) is 0 Å². The molecule has 0 bridgehead atoms. The lowest BCUT2D eigenvalue weighted by molar-refractivity contribution is -0.117. The van der Waals surface area contributed by atoms with Crippen LogP contribution in [-0.4, -0.2) is 21.6 Å². The van der Waals surface area contributed by atoms with Gasteiger partial charge in [0.05, 0.1) is 10.7 Å². The fourth-order valence-electron chi connectivity index (χ4n) is 2.55. The van der Waals surface area contributed by atoms with Crippen molar-refractivity contribution in [2.24, 2.45) is 0 Å². The van der Waals surface area contributed by atoms with Crippen molar-refractivity contribution in [1.29, 1.82) is 0 Å². The van der Waals surface area contributed by atoms with Crippen molar-refractivity contribution >= 4 is 34.8 Å². The summed E-state index contributed by atoms with van der Waals surface area (Å²) in [5.41, 5.74) is 1.93. The van der Waals surface area contributed by atoms with Crippen LogP contribution in [0.25, 0.3) is 11.3 Å². The van der Waals surface area contributed by atoms with Crippen molar-refractivity contribution in [3.8, 4) is 11.3 Å². The lowest BCUT2D eigenvalue weighted by Gasteiger charge is -2.09. The van der Waals surface area contributed by atoms with Crippen molar-refractivity contribution < 1.29 is 9.59 Å². The molecule has 2 aromatic carbocycles. The van der Waals surface area contributed by atoms with Crippen LogP contribution < -0.4 is 16.2 Å². The Morgan fingerprint density at radius 3 is 2.25 bits per heavy atom. The third-order valence-corrected chi connectivity index (χ3v) is 4.13. The van der Waals surface area contributed by atoms with Crippen LogP contribution >= 0.6 is 11.6 Å². The molecule has 0 saturated carbocycles. The highest BCUT2D eigenvalue weighted by atomic mass is 35.5. The number of hydrogen-bond acceptors (Lipinski definition) is 4. The van der Waals surface area contributed by atoms with E-state index in [4.69, 9.17) is 11.6 Å². The molecule has 28 heavy (non-hydrogen) atoms. The van der Waals surface area contributed by atoms with E-state index in [1.807, 2.05) is 6.07 Å². The second-order valence-electron chi connectivity index (χ2n) is 6.00. The van der Waals surface area contributed by atoms with E-state index >= 15 is 0 Å². The number of carbonyl (C=O) groups is 2. The number of amides is 2. The lowest BCUT2D eigenvalue weighted by Crippen LogP contribution is -2.29. The van der Waals surface area contributed by atoms with Gasteiger partial charge in [0.25, 0.3) is 5.56 Å². The Morgan fingerprint density at radius 2 is 1.61 bits per heavy atom. The van der Waals surface area contributed by atoms with Crippen molar-refractivity contribution in [2.75, 3.05) is 10.6 Å². The Labute approximate surface area is 166 Å². The van der Waals surface area contributed by atoms with Crippen LogP contribution in [-0.2, 0) is 16.1 Å². The molecule has 0 atom stereocenters. The summed E-state index contributed by atoms with van der Waals surface area (Å²) >= 11 is 6.18. The van der Waals surface area contributed by atoms with Crippen molar-refractivity contribution in [1.82, 2.24) is 9.78 Å². The first-order valence-electron chi connectivity index (χ1n) is 8.43. The van der Waals surface area contributed by atoms with Gasteiger partial charge in [0.15, 0.2) is 0 Å². The molecule has 2 N–H and O–H groups in total. The molecule has 7 nitrogen and oxygen atoms in total. The van der Waals surface area contributed by atoms with Crippen LogP contribution in [0.1, 0.15) is 6.92 Å². The van der Waals surface area contributed by atoms with E-state index in [2.05, 4.69) is 15.7 Å². The van der Waals surface area contributed by atoms with Crippen molar-refractivity contribution in [3.05, 3.63) is 76.0 Å². The van der Waals surface area contributed by atoms with Gasteiger partial charge in [0.1, 0.15) is 6.54 Å². The monoisotopic (exact) mass is 396 g/mol. The van der Waals surface area contributed by atoms with E-state index in [1.165, 1.54) is 13.0 Å². The summed E-state index contributed by atoms with van der Waals surface area (Å²) in [6, 6.07) is 16.7. The average Bonchev–Trinajstić information content (AvgIpc) is 2.65. The van der Waals surface area contributed by atoms with E-state index in [0.717, 1.165) is 4.68 Å². The Hall–Kier alpha value is -3.45. The highest BCUT2D eigenvalue weighted by Crippen LogP contribution is 2.24. The van der Waals surface area contributed by atoms with Crippen LogP contribution in [0.5, 0.6) is 0 Å². The van der Waals surface area contributed by atoms with Gasteiger partial charge in [-0.3, -0.25) is 14.4 Å². The molecule has 0 spiro atoms. The standard InChI is InChI=1S/C20H17ClN4O3/c1-13(26)22-14-6-8-15(9-7-14)23-19(27)12-25-20(28)11-10-18(24-25)16-4-2-3-5-17(16)21/h2-11H,12H2,1H3,(H,22,26)(H,23,27). The second kappa shape index (κ2) is 8.49. The van der Waals surface area contributed by atoms with Crippen LogP contribution in [0.15, 0.2) is 65.5 Å². The van der Waals surface area contributed by atoms with Gasteiger partial charge in [-0.15, -0.1) is 0 Å². The van der Waals surface area contributed by atoms with E-state index in [-0.39, 0.29) is 12.5 Å². The largest absolute Gasteiger partial charge is 0.326 e. The summed E-state index contributed by atoms with van der Waals surface area (Å²) in [7, 11) is 0. The molecule has 8 heteroatoms. The molecule has 0 aliphatic rings. The fourth-order valence-corrected chi connectivity index (χ4v) is 2.78. The molecule has 1 aromatic heterocycles. The molecule has 0 unspecified atom stereocenters. The van der Waals surface area contributed by atoms with E-state index < -0.39 is 11.5 Å². The maximum Gasteiger partial charge on any atom is 0.267 e. The Balaban J connectivity index is 1.73. The average molecular weight is 397 g/mol. The first-order chi connectivity index (χ1) is 13.4.